The molecule has 0 radical (unpaired) electrons. The van der Waals surface area contributed by atoms with Crippen LogP contribution in [-0.4, -0.2) is 104 Å². The summed E-state index contributed by atoms with van der Waals surface area (Å²) in [4.78, 5) is 27.2. The largest absolute Gasteiger partial charge is 0.366 e. The van der Waals surface area contributed by atoms with E-state index in [1.807, 2.05) is 32.3 Å². The first-order chi connectivity index (χ1) is 22.7. The summed E-state index contributed by atoms with van der Waals surface area (Å²) in [7, 11) is 7.67. The van der Waals surface area contributed by atoms with E-state index in [1.54, 1.807) is 22.3 Å². The van der Waals surface area contributed by atoms with Crippen LogP contribution in [0.15, 0.2) is 35.6 Å². The zero-order valence-corrected chi connectivity index (χ0v) is 30.4. The molecule has 2 aliphatic rings. The van der Waals surface area contributed by atoms with E-state index in [2.05, 4.69) is 65.0 Å². The Balaban J connectivity index is 0.000000659. The van der Waals surface area contributed by atoms with Crippen molar-refractivity contribution in [2.75, 3.05) is 67.0 Å². The average Bonchev–Trinajstić information content (AvgIpc) is 3.33. The Kier molecular flexibility index (Phi) is 20.0. The van der Waals surface area contributed by atoms with Crippen LogP contribution in [-0.2, 0) is 16.6 Å². The summed E-state index contributed by atoms with van der Waals surface area (Å²) in [6, 6.07) is 5.60. The lowest BCUT2D eigenvalue weighted by Crippen LogP contribution is -2.35. The number of nitrogens with zero attached hydrogens (tertiary/aromatic N) is 4. The SMILES string of the molecule is C=CCCC(C=O)n1c(=O)n(C)c2c(C#CCOC(CC)CCN(C)CC3CCN(S)CC3)cccc21.CNC.NC1CCNCC1. The van der Waals surface area contributed by atoms with E-state index >= 15 is 0 Å². The van der Waals surface area contributed by atoms with Gasteiger partial charge in [-0.2, -0.15) is 0 Å². The van der Waals surface area contributed by atoms with Crippen LogP contribution in [0, 0.1) is 17.8 Å². The number of fused-ring (bicyclic) bond motifs is 1. The second-order valence-corrected chi connectivity index (χ2v) is 13.2. The molecule has 2 aliphatic heterocycles. The Bertz CT molecular complexity index is 1300. The molecule has 2 fully saturated rings. The Labute approximate surface area is 289 Å². The highest BCUT2D eigenvalue weighted by Gasteiger charge is 2.21. The van der Waals surface area contributed by atoms with Crippen molar-refractivity contribution in [1.82, 2.24) is 29.0 Å². The minimum Gasteiger partial charge on any atom is -0.366 e. The van der Waals surface area contributed by atoms with Crippen LogP contribution < -0.4 is 22.1 Å². The highest BCUT2D eigenvalue weighted by Crippen LogP contribution is 2.22. The van der Waals surface area contributed by atoms with Gasteiger partial charge >= 0.3 is 5.69 Å². The molecule has 4 rings (SSSR count). The van der Waals surface area contributed by atoms with Gasteiger partial charge in [0.15, 0.2) is 0 Å². The summed E-state index contributed by atoms with van der Waals surface area (Å²) < 4.78 is 11.4. The number of hydrogen-bond acceptors (Lipinski definition) is 9. The quantitative estimate of drug-likeness (QED) is 0.111. The fourth-order valence-electron chi connectivity index (χ4n) is 5.95. The van der Waals surface area contributed by atoms with Crippen LogP contribution in [0.2, 0.25) is 0 Å². The van der Waals surface area contributed by atoms with Crippen molar-refractivity contribution in [2.24, 2.45) is 18.7 Å². The number of imidazole rings is 1. The minimum absolute atomic E-state index is 0.162. The van der Waals surface area contributed by atoms with Gasteiger partial charge < -0.3 is 30.8 Å². The van der Waals surface area contributed by atoms with Gasteiger partial charge in [-0.15, -0.1) is 6.58 Å². The first-order valence-corrected chi connectivity index (χ1v) is 17.6. The molecular formula is C36H61N7O3S. The Hall–Kier alpha value is -2.43. The lowest BCUT2D eigenvalue weighted by atomic mass is 9.97. The maximum Gasteiger partial charge on any atom is 0.329 e. The van der Waals surface area contributed by atoms with Gasteiger partial charge in [0.25, 0.3) is 0 Å². The first-order valence-electron chi connectivity index (χ1n) is 17.2. The van der Waals surface area contributed by atoms with Crippen molar-refractivity contribution in [2.45, 2.75) is 76.5 Å². The molecule has 0 amide bonds. The molecule has 2 aromatic rings. The van der Waals surface area contributed by atoms with Crippen molar-refractivity contribution in [1.29, 1.82) is 0 Å². The van der Waals surface area contributed by atoms with Crippen LogP contribution in [0.5, 0.6) is 0 Å². The van der Waals surface area contributed by atoms with E-state index in [9.17, 15) is 9.59 Å². The Morgan fingerprint density at radius 2 is 1.89 bits per heavy atom. The van der Waals surface area contributed by atoms with E-state index in [4.69, 9.17) is 10.5 Å². The van der Waals surface area contributed by atoms with Crippen LogP contribution in [0.4, 0.5) is 0 Å². The number of para-hydroxylation sites is 1. The number of rotatable bonds is 13. The van der Waals surface area contributed by atoms with Gasteiger partial charge in [0.05, 0.1) is 28.7 Å². The predicted molar refractivity (Wildman–Crippen MR) is 199 cm³/mol. The van der Waals surface area contributed by atoms with Crippen molar-refractivity contribution < 1.29 is 9.53 Å². The Morgan fingerprint density at radius 3 is 2.47 bits per heavy atom. The molecule has 0 aliphatic carbocycles. The molecule has 3 heterocycles. The number of thiol groups is 1. The van der Waals surface area contributed by atoms with Crippen molar-refractivity contribution in [3.8, 4) is 11.8 Å². The molecule has 2 atom stereocenters. The van der Waals surface area contributed by atoms with Crippen molar-refractivity contribution >= 4 is 30.1 Å². The van der Waals surface area contributed by atoms with Gasteiger partial charge in [-0.05, 0) is 104 Å². The van der Waals surface area contributed by atoms with Gasteiger partial charge in [0.1, 0.15) is 12.9 Å². The monoisotopic (exact) mass is 671 g/mol. The van der Waals surface area contributed by atoms with E-state index in [-0.39, 0.29) is 11.8 Å². The second-order valence-electron chi connectivity index (χ2n) is 12.6. The molecule has 0 saturated carbocycles. The fraction of sp³-hybridized carbons (Fsp3) is 0.667. The first kappa shape index (κ1) is 40.7. The molecule has 47 heavy (non-hydrogen) atoms. The summed E-state index contributed by atoms with van der Waals surface area (Å²) in [5.74, 6) is 7.09. The highest BCUT2D eigenvalue weighted by molar-refractivity contribution is 7.77. The lowest BCUT2D eigenvalue weighted by molar-refractivity contribution is -0.110. The maximum absolute atomic E-state index is 13.0. The van der Waals surface area contributed by atoms with E-state index in [0.29, 0.717) is 25.5 Å². The van der Waals surface area contributed by atoms with Gasteiger partial charge in [-0.1, -0.05) is 43.7 Å². The van der Waals surface area contributed by atoms with Gasteiger partial charge in [-0.3, -0.25) is 13.4 Å². The average molecular weight is 672 g/mol. The third-order valence-electron chi connectivity index (χ3n) is 8.70. The molecule has 2 saturated heterocycles. The molecule has 10 nitrogen and oxygen atoms in total. The smallest absolute Gasteiger partial charge is 0.329 e. The molecule has 1 aromatic heterocycles. The van der Waals surface area contributed by atoms with Crippen LogP contribution in [0.1, 0.15) is 69.9 Å². The molecule has 4 N–H and O–H groups in total. The second kappa shape index (κ2) is 23.0. The molecule has 2 unspecified atom stereocenters. The number of allylic oxidation sites excluding steroid dienone is 1. The number of carbonyl (C=O) groups excluding carboxylic acids is 1. The number of ether oxygens (including phenoxy) is 1. The molecule has 0 spiro atoms. The summed E-state index contributed by atoms with van der Waals surface area (Å²) in [6.45, 7) is 12.7. The number of piperidine rings is 2. The number of aldehydes is 1. The standard InChI is InChI=1S/C29H42N4O3S.C5H12N2.C2H7N/c1-5-7-12-25(22-34)33-27-13-8-10-24(28(27)31(4)29(33)35)11-9-20-36-26(6-2)16-17-30(3)21-23-14-18-32(37)19-15-23;6-5-1-3-7-4-2-5;1-3-2/h5,8,10,13,22-23,25-26,37H,1,6-7,12,14-21H2,2-4H3;5,7H,1-4,6H2;3H,1-2H3. The Morgan fingerprint density at radius 1 is 1.21 bits per heavy atom. The van der Waals surface area contributed by atoms with E-state index in [0.717, 1.165) is 93.8 Å². The van der Waals surface area contributed by atoms with Gasteiger partial charge in [0.2, 0.25) is 0 Å². The molecule has 11 heteroatoms. The summed E-state index contributed by atoms with van der Waals surface area (Å²) in [6.07, 6.45) is 10.6. The van der Waals surface area contributed by atoms with Gasteiger partial charge in [0, 0.05) is 39.3 Å². The number of aromatic nitrogens is 2. The third-order valence-corrected chi connectivity index (χ3v) is 9.10. The fourth-order valence-corrected chi connectivity index (χ4v) is 6.18. The summed E-state index contributed by atoms with van der Waals surface area (Å²) in [5, 5.41) is 5.99. The van der Waals surface area contributed by atoms with Gasteiger partial charge in [-0.25, -0.2) is 4.79 Å². The number of nitrogens with one attached hydrogen (secondary N) is 2. The normalized spacial score (nSPS) is 17.1. The minimum atomic E-state index is -0.528. The van der Waals surface area contributed by atoms with Crippen molar-refractivity contribution in [3.63, 3.8) is 0 Å². The van der Waals surface area contributed by atoms with Crippen LogP contribution in [0.25, 0.3) is 11.0 Å². The zero-order valence-electron chi connectivity index (χ0n) is 29.5. The van der Waals surface area contributed by atoms with Crippen LogP contribution in [0.3, 0.4) is 0 Å². The number of benzene rings is 1. The van der Waals surface area contributed by atoms with Crippen LogP contribution >= 0.6 is 12.8 Å². The summed E-state index contributed by atoms with van der Waals surface area (Å²) in [5.41, 5.74) is 7.59. The molecule has 0 bridgehead atoms. The molecule has 264 valence electrons. The molecule has 1 aromatic carbocycles. The van der Waals surface area contributed by atoms with E-state index < -0.39 is 6.04 Å². The topological polar surface area (TPSA) is 110 Å². The van der Waals surface area contributed by atoms with E-state index in [1.165, 1.54) is 12.8 Å². The third kappa shape index (κ3) is 13.9. The maximum atomic E-state index is 13.0. The predicted octanol–water partition coefficient (Wildman–Crippen LogP) is 3.60. The number of nitrogens with two attached hydrogens (primary N) is 1. The molecular weight excluding hydrogens is 611 g/mol. The highest BCUT2D eigenvalue weighted by atomic mass is 32.1. The summed E-state index contributed by atoms with van der Waals surface area (Å²) >= 11 is 4.45. The zero-order chi connectivity index (χ0) is 34.6. The number of carbonyl (C=O) groups is 1. The number of hydrogen-bond donors (Lipinski definition) is 4. The number of aryl methyl sites for hydroxylation is 1. The lowest BCUT2D eigenvalue weighted by Gasteiger charge is -2.31. The van der Waals surface area contributed by atoms with Crippen molar-refractivity contribution in [3.05, 3.63) is 46.9 Å².